The first-order valence-corrected chi connectivity index (χ1v) is 9.86. The highest BCUT2D eigenvalue weighted by Gasteiger charge is 2.31. The summed E-state index contributed by atoms with van der Waals surface area (Å²) in [4.78, 5) is 0. The van der Waals surface area contributed by atoms with Crippen molar-refractivity contribution in [3.8, 4) is 17.2 Å². The summed E-state index contributed by atoms with van der Waals surface area (Å²) in [6.07, 6.45) is 0. The van der Waals surface area contributed by atoms with Crippen molar-refractivity contribution in [1.29, 1.82) is 0 Å². The van der Waals surface area contributed by atoms with Gasteiger partial charge in [-0.05, 0) is 24.3 Å². The number of ether oxygens (including phenoxy) is 3. The summed E-state index contributed by atoms with van der Waals surface area (Å²) in [7, 11) is 1.62. The van der Waals surface area contributed by atoms with Gasteiger partial charge in [0.15, 0.2) is 7.14 Å². The van der Waals surface area contributed by atoms with E-state index in [1.165, 1.54) is 0 Å². The van der Waals surface area contributed by atoms with E-state index in [9.17, 15) is 4.57 Å². The van der Waals surface area contributed by atoms with Gasteiger partial charge in [-0.15, -0.1) is 0 Å². The van der Waals surface area contributed by atoms with Gasteiger partial charge in [0, 0.05) is 22.0 Å². The molecular formula is C21H21O4P. The Labute approximate surface area is 153 Å². The molecule has 4 nitrogen and oxygen atoms in total. The van der Waals surface area contributed by atoms with Crippen molar-refractivity contribution in [3.63, 3.8) is 0 Å². The van der Waals surface area contributed by atoms with Crippen molar-refractivity contribution >= 4 is 23.1 Å². The third kappa shape index (κ3) is 3.33. The van der Waals surface area contributed by atoms with Gasteiger partial charge in [-0.1, -0.05) is 42.5 Å². The zero-order valence-corrected chi connectivity index (χ0v) is 15.9. The van der Waals surface area contributed by atoms with Crippen LogP contribution in [0.15, 0.2) is 72.8 Å². The molecule has 0 heterocycles. The minimum Gasteiger partial charge on any atom is -0.497 e. The monoisotopic (exact) mass is 368 g/mol. The van der Waals surface area contributed by atoms with Crippen molar-refractivity contribution in [2.75, 3.05) is 21.3 Å². The van der Waals surface area contributed by atoms with E-state index >= 15 is 0 Å². The summed E-state index contributed by atoms with van der Waals surface area (Å²) < 4.78 is 30.6. The quantitative estimate of drug-likeness (QED) is 0.626. The molecule has 0 saturated heterocycles. The molecule has 0 aromatic heterocycles. The topological polar surface area (TPSA) is 44.8 Å². The fourth-order valence-corrected chi connectivity index (χ4v) is 5.58. The summed E-state index contributed by atoms with van der Waals surface area (Å²) in [6.45, 7) is 0. The molecule has 0 bridgehead atoms. The molecule has 3 aromatic rings. The first kappa shape index (κ1) is 18.1. The molecular weight excluding hydrogens is 347 g/mol. The van der Waals surface area contributed by atoms with Crippen LogP contribution in [-0.2, 0) is 4.57 Å². The largest absolute Gasteiger partial charge is 0.497 e. The normalized spacial score (nSPS) is 12.9. The van der Waals surface area contributed by atoms with Crippen LogP contribution in [0.1, 0.15) is 0 Å². The molecule has 5 heteroatoms. The van der Waals surface area contributed by atoms with E-state index in [4.69, 9.17) is 14.2 Å². The van der Waals surface area contributed by atoms with Crippen LogP contribution in [0, 0.1) is 0 Å². The molecule has 0 radical (unpaired) electrons. The summed E-state index contributed by atoms with van der Waals surface area (Å²) in [5, 5.41) is 2.08. The van der Waals surface area contributed by atoms with Gasteiger partial charge in [0.1, 0.15) is 17.2 Å². The zero-order valence-electron chi connectivity index (χ0n) is 15.0. The van der Waals surface area contributed by atoms with Crippen LogP contribution in [0.4, 0.5) is 0 Å². The Morgan fingerprint density at radius 2 is 1.12 bits per heavy atom. The molecule has 134 valence electrons. The van der Waals surface area contributed by atoms with Crippen molar-refractivity contribution < 1.29 is 18.8 Å². The molecule has 1 unspecified atom stereocenters. The predicted octanol–water partition coefficient (Wildman–Crippen LogP) is 3.35. The number of benzene rings is 3. The highest BCUT2D eigenvalue weighted by Crippen LogP contribution is 2.44. The maximum absolute atomic E-state index is 14.5. The van der Waals surface area contributed by atoms with Crippen LogP contribution in [-0.4, -0.2) is 21.3 Å². The number of hydrogen-bond acceptors (Lipinski definition) is 4. The van der Waals surface area contributed by atoms with Crippen molar-refractivity contribution in [2.24, 2.45) is 0 Å². The summed E-state index contributed by atoms with van der Waals surface area (Å²) in [6, 6.07) is 22.2. The molecule has 26 heavy (non-hydrogen) atoms. The van der Waals surface area contributed by atoms with Crippen LogP contribution < -0.4 is 30.1 Å². The maximum Gasteiger partial charge on any atom is 0.171 e. The fraction of sp³-hybridized carbons (Fsp3) is 0.143. The van der Waals surface area contributed by atoms with Gasteiger partial charge >= 0.3 is 0 Å². The van der Waals surface area contributed by atoms with Gasteiger partial charge in [0.05, 0.1) is 21.3 Å². The second kappa shape index (κ2) is 7.67. The van der Waals surface area contributed by atoms with Crippen LogP contribution in [0.5, 0.6) is 17.2 Å². The predicted molar refractivity (Wildman–Crippen MR) is 105 cm³/mol. The molecule has 0 aliphatic carbocycles. The highest BCUT2D eigenvalue weighted by molar-refractivity contribution is 7.85. The highest BCUT2D eigenvalue weighted by atomic mass is 31.2. The minimum absolute atomic E-state index is 0.596. The molecule has 1 atom stereocenters. The molecule has 0 aliphatic rings. The fourth-order valence-electron chi connectivity index (χ4n) is 2.87. The van der Waals surface area contributed by atoms with Crippen LogP contribution in [0.3, 0.4) is 0 Å². The SMILES string of the molecule is COc1cccc(P(=O)(c2ccccc2)c2cc(OC)cc(OC)c2)c1. The lowest BCUT2D eigenvalue weighted by molar-refractivity contribution is 0.395. The first-order chi connectivity index (χ1) is 12.6. The summed E-state index contributed by atoms with van der Waals surface area (Å²) in [5.74, 6) is 1.85. The number of methoxy groups -OCH3 is 3. The lowest BCUT2D eigenvalue weighted by Crippen LogP contribution is -2.25. The Morgan fingerprint density at radius 3 is 1.69 bits per heavy atom. The lowest BCUT2D eigenvalue weighted by Gasteiger charge is -2.21. The smallest absolute Gasteiger partial charge is 0.171 e. The van der Waals surface area contributed by atoms with Crippen molar-refractivity contribution in [1.82, 2.24) is 0 Å². The van der Waals surface area contributed by atoms with Gasteiger partial charge in [0.25, 0.3) is 0 Å². The molecule has 0 aliphatic heterocycles. The van der Waals surface area contributed by atoms with E-state index in [0.717, 1.165) is 5.30 Å². The van der Waals surface area contributed by atoms with E-state index in [2.05, 4.69) is 0 Å². The maximum atomic E-state index is 14.5. The molecule has 3 rings (SSSR count). The molecule has 0 N–H and O–H groups in total. The third-order valence-electron chi connectivity index (χ3n) is 4.24. The Morgan fingerprint density at radius 1 is 0.577 bits per heavy atom. The van der Waals surface area contributed by atoms with E-state index < -0.39 is 7.14 Å². The Hall–Kier alpha value is -2.71. The summed E-state index contributed by atoms with van der Waals surface area (Å²) in [5.41, 5.74) is 0. The second-order valence-corrected chi connectivity index (χ2v) is 8.48. The Kier molecular flexibility index (Phi) is 5.34. The van der Waals surface area contributed by atoms with Gasteiger partial charge < -0.3 is 18.8 Å². The van der Waals surface area contributed by atoms with Gasteiger partial charge in [0.2, 0.25) is 0 Å². The third-order valence-corrected chi connectivity index (χ3v) is 7.25. The standard InChI is InChI=1S/C21H21O4P/c1-23-16-8-7-11-20(13-16)26(22,19-9-5-4-6-10-19)21-14-17(24-2)12-18(15-21)25-3/h4-15H,1-3H3. The molecule has 0 fully saturated rings. The van der Waals surface area contributed by atoms with Gasteiger partial charge in [-0.25, -0.2) is 0 Å². The average Bonchev–Trinajstić information content (AvgIpc) is 2.73. The summed E-state index contributed by atoms with van der Waals surface area (Å²) >= 11 is 0. The average molecular weight is 368 g/mol. The van der Waals surface area contributed by atoms with Gasteiger partial charge in [-0.3, -0.25) is 0 Å². The lowest BCUT2D eigenvalue weighted by atomic mass is 10.3. The van der Waals surface area contributed by atoms with E-state index in [1.807, 2.05) is 54.6 Å². The van der Waals surface area contributed by atoms with Crippen LogP contribution in [0.2, 0.25) is 0 Å². The van der Waals surface area contributed by atoms with E-state index in [0.29, 0.717) is 27.9 Å². The first-order valence-electron chi connectivity index (χ1n) is 8.15. The molecule has 0 spiro atoms. The van der Waals surface area contributed by atoms with E-state index in [1.54, 1.807) is 39.5 Å². The van der Waals surface area contributed by atoms with Crippen molar-refractivity contribution in [2.45, 2.75) is 0 Å². The Bertz CT molecular complexity index is 916. The number of rotatable bonds is 6. The molecule has 3 aromatic carbocycles. The second-order valence-electron chi connectivity index (χ2n) is 5.72. The van der Waals surface area contributed by atoms with E-state index in [-0.39, 0.29) is 0 Å². The number of hydrogen-bond donors (Lipinski definition) is 0. The molecule has 0 amide bonds. The van der Waals surface area contributed by atoms with Gasteiger partial charge in [-0.2, -0.15) is 0 Å². The zero-order chi connectivity index (χ0) is 18.6. The van der Waals surface area contributed by atoms with Crippen LogP contribution >= 0.6 is 7.14 Å². The Balaban J connectivity index is 2.30. The van der Waals surface area contributed by atoms with Crippen molar-refractivity contribution in [3.05, 3.63) is 72.8 Å². The molecule has 0 saturated carbocycles. The minimum atomic E-state index is -3.14. The van der Waals surface area contributed by atoms with Crippen LogP contribution in [0.25, 0.3) is 0 Å².